The van der Waals surface area contributed by atoms with Crippen LogP contribution in [0.4, 0.5) is 5.82 Å². The molecule has 0 aliphatic heterocycles. The van der Waals surface area contributed by atoms with Crippen molar-refractivity contribution in [1.82, 2.24) is 10.2 Å². The molecule has 2 aromatic heterocycles. The van der Waals surface area contributed by atoms with Gasteiger partial charge in [0, 0.05) is 5.56 Å². The molecule has 2 heterocycles. The van der Waals surface area contributed by atoms with Crippen molar-refractivity contribution in [3.05, 3.63) is 35.9 Å². The molecule has 1 amide bonds. The number of carbonyl (C=O) groups excluding carboxylic acids is 1. The van der Waals surface area contributed by atoms with Gasteiger partial charge in [-0.3, -0.25) is 9.89 Å². The lowest BCUT2D eigenvalue weighted by Gasteiger charge is -1.99. The summed E-state index contributed by atoms with van der Waals surface area (Å²) in [5, 5.41) is 9.10. The van der Waals surface area contributed by atoms with Crippen molar-refractivity contribution in [3.8, 4) is 0 Å². The van der Waals surface area contributed by atoms with Crippen LogP contribution in [0.5, 0.6) is 0 Å². The van der Waals surface area contributed by atoms with Crippen molar-refractivity contribution in [2.45, 2.75) is 6.92 Å². The maximum atomic E-state index is 11.5. The molecule has 0 aliphatic carbocycles. The molecule has 0 spiro atoms. The quantitative estimate of drug-likeness (QED) is 0.756. The molecule has 14 heavy (non-hydrogen) atoms. The molecule has 5 heteroatoms. The minimum Gasteiger partial charge on any atom is -0.459 e. The summed E-state index contributed by atoms with van der Waals surface area (Å²) in [5.41, 5.74) is 0.880. The molecular weight excluding hydrogens is 182 g/mol. The molecule has 2 aromatic rings. The summed E-state index contributed by atoms with van der Waals surface area (Å²) in [4.78, 5) is 11.5. The molecular formula is C9H9N3O2. The SMILES string of the molecule is Cc1cn[nH]c1NC(=O)c1ccco1. The molecule has 0 aliphatic rings. The molecule has 0 fully saturated rings. The number of aryl methyl sites for hydroxylation is 1. The van der Waals surface area contributed by atoms with Crippen molar-refractivity contribution < 1.29 is 9.21 Å². The Morgan fingerprint density at radius 2 is 2.50 bits per heavy atom. The first-order chi connectivity index (χ1) is 6.77. The third-order valence-electron chi connectivity index (χ3n) is 1.81. The van der Waals surface area contributed by atoms with Crippen molar-refractivity contribution in [3.63, 3.8) is 0 Å². The zero-order valence-corrected chi connectivity index (χ0v) is 7.57. The van der Waals surface area contributed by atoms with Crippen LogP contribution in [-0.4, -0.2) is 16.1 Å². The number of nitrogens with zero attached hydrogens (tertiary/aromatic N) is 1. The molecule has 0 radical (unpaired) electrons. The van der Waals surface area contributed by atoms with Crippen molar-refractivity contribution >= 4 is 11.7 Å². The molecule has 0 saturated heterocycles. The van der Waals surface area contributed by atoms with Gasteiger partial charge in [-0.15, -0.1) is 0 Å². The highest BCUT2D eigenvalue weighted by Gasteiger charge is 2.10. The van der Waals surface area contributed by atoms with Gasteiger partial charge in [0.1, 0.15) is 5.82 Å². The zero-order chi connectivity index (χ0) is 9.97. The molecule has 0 saturated carbocycles. The van der Waals surface area contributed by atoms with E-state index in [0.29, 0.717) is 5.82 Å². The van der Waals surface area contributed by atoms with Crippen LogP contribution >= 0.6 is 0 Å². The van der Waals surface area contributed by atoms with Crippen LogP contribution in [0.25, 0.3) is 0 Å². The first-order valence-corrected chi connectivity index (χ1v) is 4.12. The zero-order valence-electron chi connectivity index (χ0n) is 7.57. The number of aromatic nitrogens is 2. The maximum Gasteiger partial charge on any atom is 0.292 e. The number of anilines is 1. The molecule has 0 bridgehead atoms. The topological polar surface area (TPSA) is 70.9 Å². The summed E-state index contributed by atoms with van der Waals surface area (Å²) in [6.07, 6.45) is 3.09. The van der Waals surface area contributed by atoms with E-state index >= 15 is 0 Å². The third-order valence-corrected chi connectivity index (χ3v) is 1.81. The Balaban J connectivity index is 2.13. The number of aromatic amines is 1. The van der Waals surface area contributed by atoms with Crippen molar-refractivity contribution in [2.24, 2.45) is 0 Å². The van der Waals surface area contributed by atoms with E-state index in [2.05, 4.69) is 15.5 Å². The summed E-state index contributed by atoms with van der Waals surface area (Å²) in [5.74, 6) is 0.577. The Morgan fingerprint density at radius 3 is 3.07 bits per heavy atom. The first kappa shape index (κ1) is 8.55. The number of rotatable bonds is 2. The highest BCUT2D eigenvalue weighted by atomic mass is 16.3. The molecule has 0 aromatic carbocycles. The first-order valence-electron chi connectivity index (χ1n) is 4.12. The molecule has 0 atom stereocenters. The number of H-pyrrole nitrogens is 1. The Morgan fingerprint density at radius 1 is 1.64 bits per heavy atom. The van der Waals surface area contributed by atoms with Crippen LogP contribution in [-0.2, 0) is 0 Å². The Bertz CT molecular complexity index is 431. The smallest absolute Gasteiger partial charge is 0.292 e. The Hall–Kier alpha value is -2.04. The average Bonchev–Trinajstić information content (AvgIpc) is 2.77. The number of hydrogen-bond donors (Lipinski definition) is 2. The van der Waals surface area contributed by atoms with Gasteiger partial charge in [-0.1, -0.05) is 0 Å². The lowest BCUT2D eigenvalue weighted by Crippen LogP contribution is -2.11. The summed E-state index contributed by atoms with van der Waals surface area (Å²) >= 11 is 0. The predicted molar refractivity (Wildman–Crippen MR) is 50.0 cm³/mol. The van der Waals surface area contributed by atoms with Crippen molar-refractivity contribution in [2.75, 3.05) is 5.32 Å². The van der Waals surface area contributed by atoms with E-state index in [-0.39, 0.29) is 11.7 Å². The van der Waals surface area contributed by atoms with Gasteiger partial charge in [-0.25, -0.2) is 0 Å². The fourth-order valence-corrected chi connectivity index (χ4v) is 1.06. The largest absolute Gasteiger partial charge is 0.459 e. The molecule has 0 unspecified atom stereocenters. The van der Waals surface area contributed by atoms with Crippen molar-refractivity contribution in [1.29, 1.82) is 0 Å². The maximum absolute atomic E-state index is 11.5. The second kappa shape index (κ2) is 3.37. The highest BCUT2D eigenvalue weighted by Crippen LogP contribution is 2.10. The van der Waals surface area contributed by atoms with Crippen LogP contribution in [0.2, 0.25) is 0 Å². The predicted octanol–water partition coefficient (Wildman–Crippen LogP) is 1.56. The van der Waals surface area contributed by atoms with Gasteiger partial charge in [0.15, 0.2) is 5.76 Å². The van der Waals surface area contributed by atoms with Gasteiger partial charge >= 0.3 is 0 Å². The van der Waals surface area contributed by atoms with E-state index in [1.807, 2.05) is 6.92 Å². The lowest BCUT2D eigenvalue weighted by atomic mass is 10.3. The third kappa shape index (κ3) is 1.52. The number of hydrogen-bond acceptors (Lipinski definition) is 3. The van der Waals surface area contributed by atoms with E-state index < -0.39 is 0 Å². The van der Waals surface area contributed by atoms with Crippen LogP contribution < -0.4 is 5.32 Å². The summed E-state index contributed by atoms with van der Waals surface area (Å²) in [6, 6.07) is 3.26. The normalized spacial score (nSPS) is 10.1. The minimum absolute atomic E-state index is 0.277. The number of amides is 1. The van der Waals surface area contributed by atoms with Gasteiger partial charge in [0.25, 0.3) is 5.91 Å². The molecule has 2 rings (SSSR count). The van der Waals surface area contributed by atoms with E-state index in [1.54, 1.807) is 18.3 Å². The Kier molecular flexibility index (Phi) is 2.06. The minimum atomic E-state index is -0.289. The average molecular weight is 191 g/mol. The molecule has 5 nitrogen and oxygen atoms in total. The lowest BCUT2D eigenvalue weighted by molar-refractivity contribution is 0.0996. The number of carbonyl (C=O) groups is 1. The fraction of sp³-hybridized carbons (Fsp3) is 0.111. The van der Waals surface area contributed by atoms with E-state index in [4.69, 9.17) is 4.42 Å². The van der Waals surface area contributed by atoms with Gasteiger partial charge in [-0.05, 0) is 19.1 Å². The Labute approximate surface area is 80.1 Å². The van der Waals surface area contributed by atoms with Crippen LogP contribution in [0.15, 0.2) is 29.0 Å². The highest BCUT2D eigenvalue weighted by molar-refractivity contribution is 6.01. The van der Waals surface area contributed by atoms with Gasteiger partial charge in [-0.2, -0.15) is 5.10 Å². The van der Waals surface area contributed by atoms with Crippen LogP contribution in [0.1, 0.15) is 16.1 Å². The molecule has 72 valence electrons. The van der Waals surface area contributed by atoms with E-state index in [9.17, 15) is 4.79 Å². The fourth-order valence-electron chi connectivity index (χ4n) is 1.06. The van der Waals surface area contributed by atoms with E-state index in [0.717, 1.165) is 5.56 Å². The standard InChI is InChI=1S/C9H9N3O2/c1-6-5-10-12-8(6)11-9(13)7-3-2-4-14-7/h2-5H,1H3,(H2,10,11,12,13). The van der Waals surface area contributed by atoms with Crippen LogP contribution in [0, 0.1) is 6.92 Å². The summed E-state index contributed by atoms with van der Waals surface area (Å²) in [7, 11) is 0. The molecule has 2 N–H and O–H groups in total. The number of nitrogens with one attached hydrogen (secondary N) is 2. The van der Waals surface area contributed by atoms with E-state index in [1.165, 1.54) is 6.26 Å². The van der Waals surface area contributed by atoms with Crippen LogP contribution in [0.3, 0.4) is 0 Å². The number of furan rings is 1. The summed E-state index contributed by atoms with van der Waals surface area (Å²) in [6.45, 7) is 1.85. The second-order valence-electron chi connectivity index (χ2n) is 2.86. The second-order valence-corrected chi connectivity index (χ2v) is 2.86. The summed E-state index contributed by atoms with van der Waals surface area (Å²) < 4.78 is 4.94. The monoisotopic (exact) mass is 191 g/mol. The van der Waals surface area contributed by atoms with Gasteiger partial charge in [0.05, 0.1) is 12.5 Å². The van der Waals surface area contributed by atoms with Gasteiger partial charge in [0.2, 0.25) is 0 Å². The van der Waals surface area contributed by atoms with Gasteiger partial charge < -0.3 is 9.73 Å².